The van der Waals surface area contributed by atoms with E-state index in [0.717, 1.165) is 36.6 Å². The van der Waals surface area contributed by atoms with E-state index in [1.165, 1.54) is 37.7 Å². The van der Waals surface area contributed by atoms with Gasteiger partial charge in [0.05, 0.1) is 35.1 Å². The van der Waals surface area contributed by atoms with Gasteiger partial charge in [-0.15, -0.1) is 11.3 Å². The summed E-state index contributed by atoms with van der Waals surface area (Å²) in [5, 5.41) is 3.11. The summed E-state index contributed by atoms with van der Waals surface area (Å²) in [6.07, 6.45) is 3.97. The molecule has 38 heavy (non-hydrogen) atoms. The van der Waals surface area contributed by atoms with Gasteiger partial charge in [-0.1, -0.05) is 33.6 Å². The van der Waals surface area contributed by atoms with Gasteiger partial charge in [-0.2, -0.15) is 0 Å². The van der Waals surface area contributed by atoms with Gasteiger partial charge < -0.3 is 19.5 Å². The van der Waals surface area contributed by atoms with Gasteiger partial charge in [0.25, 0.3) is 5.91 Å². The van der Waals surface area contributed by atoms with E-state index in [4.69, 9.17) is 9.47 Å². The van der Waals surface area contributed by atoms with Crippen molar-refractivity contribution < 1.29 is 32.6 Å². The lowest BCUT2D eigenvalue weighted by Gasteiger charge is -2.15. The van der Waals surface area contributed by atoms with Gasteiger partial charge in [-0.05, 0) is 43.4 Å². The van der Waals surface area contributed by atoms with Gasteiger partial charge in [-0.3, -0.25) is 4.79 Å². The summed E-state index contributed by atoms with van der Waals surface area (Å²) >= 11 is 1.28. The summed E-state index contributed by atoms with van der Waals surface area (Å²) in [6.45, 7) is 9.53. The van der Waals surface area contributed by atoms with Crippen LogP contribution in [0.1, 0.15) is 65.8 Å². The van der Waals surface area contributed by atoms with Crippen molar-refractivity contribution in [3.8, 4) is 5.75 Å². The van der Waals surface area contributed by atoms with Crippen LogP contribution in [0.5, 0.6) is 5.75 Å². The minimum atomic E-state index is -1.14. The van der Waals surface area contributed by atoms with Crippen molar-refractivity contribution in [1.29, 1.82) is 0 Å². The van der Waals surface area contributed by atoms with E-state index >= 15 is 0 Å². The number of thiazole rings is 1. The molecule has 3 aromatic rings. The normalized spacial score (nSPS) is 12.3. The highest BCUT2D eigenvalue weighted by molar-refractivity contribution is 7.19. The number of hydrogen-bond donors (Lipinski definition) is 1. The third-order valence-electron chi connectivity index (χ3n) is 5.80. The Balaban J connectivity index is 0.000000391. The predicted octanol–water partition coefficient (Wildman–Crippen LogP) is 7.03. The number of nitrogens with one attached hydrogen (secondary N) is 1. The Labute approximate surface area is 226 Å². The van der Waals surface area contributed by atoms with Gasteiger partial charge in [-0.25, -0.2) is 18.6 Å². The smallest absolute Gasteiger partial charge is 0.342 e. The van der Waals surface area contributed by atoms with Crippen LogP contribution in [0.15, 0.2) is 24.3 Å². The Morgan fingerprint density at radius 2 is 1.79 bits per heavy atom. The summed E-state index contributed by atoms with van der Waals surface area (Å²) in [6, 6.07) is 4.66. The molecule has 0 saturated heterocycles. The van der Waals surface area contributed by atoms with Crippen molar-refractivity contribution in [2.45, 2.75) is 47.0 Å². The number of carbonyl (C=O) groups is 2. The summed E-state index contributed by atoms with van der Waals surface area (Å²) < 4.78 is 43.1. The Hall–Kier alpha value is -3.11. The molecule has 10 heteroatoms. The number of halogens is 2. The number of esters is 1. The number of aromatic nitrogens is 1. The van der Waals surface area contributed by atoms with Gasteiger partial charge in [0, 0.05) is 19.8 Å². The van der Waals surface area contributed by atoms with Crippen LogP contribution < -0.4 is 10.1 Å². The molecule has 0 aliphatic carbocycles. The molecule has 0 aliphatic heterocycles. The van der Waals surface area contributed by atoms with Crippen molar-refractivity contribution in [2.75, 3.05) is 33.3 Å². The van der Waals surface area contributed by atoms with E-state index in [9.17, 15) is 18.4 Å². The number of ether oxygens (including phenoxy) is 3. The minimum Gasteiger partial charge on any atom is -0.496 e. The summed E-state index contributed by atoms with van der Waals surface area (Å²) in [5.41, 5.74) is -0.174. The van der Waals surface area contributed by atoms with Crippen LogP contribution in [0, 0.1) is 30.4 Å². The Morgan fingerprint density at radius 3 is 2.39 bits per heavy atom. The molecule has 2 aromatic carbocycles. The van der Waals surface area contributed by atoms with Crippen LogP contribution in [0.3, 0.4) is 0 Å². The number of methoxy groups -OCH3 is 3. The zero-order chi connectivity index (χ0) is 28.4. The average Bonchev–Trinajstić information content (AvgIpc) is 3.23. The van der Waals surface area contributed by atoms with E-state index in [1.807, 2.05) is 0 Å². The van der Waals surface area contributed by atoms with Crippen molar-refractivity contribution in [2.24, 2.45) is 11.8 Å². The van der Waals surface area contributed by atoms with Crippen LogP contribution >= 0.6 is 11.3 Å². The van der Waals surface area contributed by atoms with Crippen LogP contribution in [-0.4, -0.2) is 44.8 Å². The minimum absolute atomic E-state index is 0.154. The molecule has 208 valence electrons. The number of hydrogen-bond acceptors (Lipinski definition) is 7. The molecule has 3 rings (SSSR count). The Kier molecular flexibility index (Phi) is 12.1. The molecule has 0 fully saturated rings. The monoisotopic (exact) mass is 550 g/mol. The van der Waals surface area contributed by atoms with E-state index in [1.54, 1.807) is 26.2 Å². The number of carbonyl (C=O) groups excluding carboxylic acids is 2. The third kappa shape index (κ3) is 8.19. The first-order chi connectivity index (χ1) is 18.1. The van der Waals surface area contributed by atoms with Crippen LogP contribution in [0.4, 0.5) is 14.5 Å². The number of rotatable bonds is 10. The Bertz CT molecular complexity index is 1240. The molecule has 1 N–H and O–H groups in total. The number of anilines is 1. The van der Waals surface area contributed by atoms with Gasteiger partial charge >= 0.3 is 5.97 Å². The second-order valence-electron chi connectivity index (χ2n) is 9.17. The summed E-state index contributed by atoms with van der Waals surface area (Å²) in [5.74, 6) is -1.98. The first-order valence-corrected chi connectivity index (χ1v) is 13.2. The largest absolute Gasteiger partial charge is 0.496 e. The number of benzene rings is 2. The lowest BCUT2D eigenvalue weighted by molar-refractivity contribution is 0.0596. The molecule has 0 spiro atoms. The predicted molar refractivity (Wildman–Crippen MR) is 146 cm³/mol. The third-order valence-corrected chi connectivity index (χ3v) is 6.81. The van der Waals surface area contributed by atoms with E-state index < -0.39 is 29.1 Å². The fourth-order valence-electron chi connectivity index (χ4n) is 4.29. The number of amides is 1. The highest BCUT2D eigenvalue weighted by Gasteiger charge is 2.24. The zero-order valence-electron chi connectivity index (χ0n) is 22.9. The summed E-state index contributed by atoms with van der Waals surface area (Å²) in [4.78, 5) is 29.1. The second-order valence-corrected chi connectivity index (χ2v) is 10.4. The van der Waals surface area contributed by atoms with Crippen molar-refractivity contribution in [3.63, 3.8) is 0 Å². The number of fused-ring (bicyclic) bond motifs is 1. The standard InChI is InChI=1S/C18H14F2N2O4S.C10H22O/c1-8-21-11-4-5-13(25-2)15(16(11)27-8)17(23)22-12-7-9(19)6-10(20)14(12)18(24)26-3;1-5-6-9(2)7-10(3)8-11-4/h4-7H,1-3H3,(H,22,23);9-10H,5-8H2,1-4H3. The SMILES string of the molecule is CCCC(C)CC(C)COC.COC(=O)c1c(F)cc(F)cc1NC(=O)c1c(OC)ccc2nc(C)sc12. The molecule has 0 aliphatic rings. The van der Waals surface area contributed by atoms with Crippen LogP contribution in [-0.2, 0) is 9.47 Å². The van der Waals surface area contributed by atoms with Crippen LogP contribution in [0.2, 0.25) is 0 Å². The molecule has 2 atom stereocenters. The molecule has 1 amide bonds. The highest BCUT2D eigenvalue weighted by atomic mass is 32.1. The zero-order valence-corrected chi connectivity index (χ0v) is 23.8. The van der Waals surface area contributed by atoms with Crippen LogP contribution in [0.25, 0.3) is 10.2 Å². The first-order valence-electron chi connectivity index (χ1n) is 12.4. The second kappa shape index (κ2) is 14.7. The molecule has 0 radical (unpaired) electrons. The van der Waals surface area contributed by atoms with Crippen molar-refractivity contribution in [3.05, 3.63) is 52.0 Å². The molecule has 7 nitrogen and oxygen atoms in total. The molecule has 2 unspecified atom stereocenters. The maximum absolute atomic E-state index is 14.1. The van der Waals surface area contributed by atoms with Gasteiger partial charge in [0.2, 0.25) is 0 Å². The van der Waals surface area contributed by atoms with Crippen molar-refractivity contribution >= 4 is 39.1 Å². The van der Waals surface area contributed by atoms with Gasteiger partial charge in [0.1, 0.15) is 28.5 Å². The summed E-state index contributed by atoms with van der Waals surface area (Å²) in [7, 11) is 4.23. The fourth-order valence-corrected chi connectivity index (χ4v) is 5.24. The number of nitrogens with zero attached hydrogens (tertiary/aromatic N) is 1. The topological polar surface area (TPSA) is 86.8 Å². The molecule has 0 bridgehead atoms. The van der Waals surface area contributed by atoms with E-state index in [2.05, 4.69) is 35.8 Å². The number of aryl methyl sites for hydroxylation is 1. The molecule has 1 aromatic heterocycles. The maximum atomic E-state index is 14.1. The average molecular weight is 551 g/mol. The lowest BCUT2D eigenvalue weighted by atomic mass is 9.94. The highest BCUT2D eigenvalue weighted by Crippen LogP contribution is 2.33. The molecule has 1 heterocycles. The molecule has 0 saturated carbocycles. The fraction of sp³-hybridized carbons (Fsp3) is 0.464. The maximum Gasteiger partial charge on any atom is 0.342 e. The molecular formula is C28H36F2N2O5S. The lowest BCUT2D eigenvalue weighted by Crippen LogP contribution is -2.18. The Morgan fingerprint density at radius 1 is 1.08 bits per heavy atom. The van der Waals surface area contributed by atoms with E-state index in [-0.39, 0.29) is 17.0 Å². The first kappa shape index (κ1) is 31.1. The van der Waals surface area contributed by atoms with Crippen molar-refractivity contribution in [1.82, 2.24) is 4.98 Å². The quantitative estimate of drug-likeness (QED) is 0.273. The van der Waals surface area contributed by atoms with Gasteiger partial charge in [0.15, 0.2) is 0 Å². The molecular weight excluding hydrogens is 514 g/mol. The van der Waals surface area contributed by atoms with E-state index in [0.29, 0.717) is 16.3 Å².